The summed E-state index contributed by atoms with van der Waals surface area (Å²) in [5, 5.41) is 5.46. The van der Waals surface area contributed by atoms with Crippen LogP contribution in [-0.2, 0) is 11.3 Å². The van der Waals surface area contributed by atoms with Crippen LogP contribution in [0.2, 0.25) is 0 Å². The Hall–Kier alpha value is -2.11. The molecule has 1 aliphatic rings. The number of carbonyl (C=O) groups excluding carboxylic acids is 2. The first-order chi connectivity index (χ1) is 10.6. The molecule has 0 aromatic carbocycles. The molecule has 22 heavy (non-hydrogen) atoms. The van der Waals surface area contributed by atoms with Crippen LogP contribution in [0.1, 0.15) is 38.7 Å². The topological polar surface area (TPSA) is 74.3 Å². The van der Waals surface area contributed by atoms with Crippen molar-refractivity contribution in [3.63, 3.8) is 0 Å². The van der Waals surface area contributed by atoms with Crippen molar-refractivity contribution in [2.75, 3.05) is 6.54 Å². The Balaban J connectivity index is 1.79. The summed E-state index contributed by atoms with van der Waals surface area (Å²) in [5.74, 6) is -0.00809. The van der Waals surface area contributed by atoms with Gasteiger partial charge in [-0.3, -0.25) is 9.78 Å². The number of piperidine rings is 1. The Bertz CT molecular complexity index is 506. The molecular formula is C16H24N4O2. The summed E-state index contributed by atoms with van der Waals surface area (Å²) in [4.78, 5) is 30.1. The number of nitrogens with one attached hydrogen (secondary N) is 2. The second-order valence-electron chi connectivity index (χ2n) is 5.78. The van der Waals surface area contributed by atoms with E-state index in [1.807, 2.05) is 17.0 Å². The number of pyridine rings is 1. The molecule has 0 radical (unpaired) electrons. The molecule has 0 aliphatic carbocycles. The van der Waals surface area contributed by atoms with Crippen LogP contribution in [0.4, 0.5) is 4.79 Å². The monoisotopic (exact) mass is 304 g/mol. The zero-order chi connectivity index (χ0) is 15.9. The number of rotatable bonds is 4. The highest BCUT2D eigenvalue weighted by Crippen LogP contribution is 2.17. The van der Waals surface area contributed by atoms with Gasteiger partial charge >= 0.3 is 6.03 Å². The SMILES string of the molecule is C[C@@H]1CCCCN1C(=O)[C@@H](C)NC(=O)NCc1ccncc1. The third kappa shape index (κ3) is 4.44. The Labute approximate surface area is 131 Å². The second-order valence-corrected chi connectivity index (χ2v) is 5.78. The number of urea groups is 1. The van der Waals surface area contributed by atoms with Gasteiger partial charge in [0.1, 0.15) is 6.04 Å². The average molecular weight is 304 g/mol. The predicted molar refractivity (Wildman–Crippen MR) is 84.1 cm³/mol. The largest absolute Gasteiger partial charge is 0.338 e. The van der Waals surface area contributed by atoms with Crippen molar-refractivity contribution in [3.8, 4) is 0 Å². The molecule has 1 aromatic rings. The highest BCUT2D eigenvalue weighted by molar-refractivity contribution is 5.86. The van der Waals surface area contributed by atoms with Gasteiger partial charge < -0.3 is 15.5 Å². The zero-order valence-corrected chi connectivity index (χ0v) is 13.2. The molecular weight excluding hydrogens is 280 g/mol. The van der Waals surface area contributed by atoms with E-state index in [4.69, 9.17) is 0 Å². The van der Waals surface area contributed by atoms with Crippen LogP contribution < -0.4 is 10.6 Å². The van der Waals surface area contributed by atoms with E-state index in [1.54, 1.807) is 19.3 Å². The van der Waals surface area contributed by atoms with E-state index in [1.165, 1.54) is 6.42 Å². The van der Waals surface area contributed by atoms with Crippen molar-refractivity contribution in [1.29, 1.82) is 0 Å². The molecule has 0 spiro atoms. The number of hydrogen-bond acceptors (Lipinski definition) is 3. The third-order valence-corrected chi connectivity index (χ3v) is 4.01. The van der Waals surface area contributed by atoms with Gasteiger partial charge in [0.2, 0.25) is 5.91 Å². The first-order valence-corrected chi connectivity index (χ1v) is 7.81. The number of hydrogen-bond donors (Lipinski definition) is 2. The molecule has 1 aliphatic heterocycles. The Kier molecular flexibility index (Phi) is 5.75. The molecule has 2 rings (SSSR count). The Morgan fingerprint density at radius 3 is 2.77 bits per heavy atom. The third-order valence-electron chi connectivity index (χ3n) is 4.01. The fraction of sp³-hybridized carbons (Fsp3) is 0.562. The van der Waals surface area contributed by atoms with Crippen molar-refractivity contribution in [2.24, 2.45) is 0 Å². The van der Waals surface area contributed by atoms with E-state index in [0.717, 1.165) is 24.9 Å². The van der Waals surface area contributed by atoms with E-state index >= 15 is 0 Å². The van der Waals surface area contributed by atoms with Gasteiger partial charge in [-0.2, -0.15) is 0 Å². The van der Waals surface area contributed by atoms with Crippen LogP contribution in [0, 0.1) is 0 Å². The minimum atomic E-state index is -0.516. The quantitative estimate of drug-likeness (QED) is 0.888. The van der Waals surface area contributed by atoms with Gasteiger partial charge in [-0.25, -0.2) is 4.79 Å². The summed E-state index contributed by atoms with van der Waals surface area (Å²) in [6, 6.07) is 3.08. The predicted octanol–water partition coefficient (Wildman–Crippen LogP) is 1.67. The van der Waals surface area contributed by atoms with Gasteiger partial charge in [-0.1, -0.05) is 0 Å². The van der Waals surface area contributed by atoms with Crippen LogP contribution in [0.5, 0.6) is 0 Å². The van der Waals surface area contributed by atoms with Gasteiger partial charge in [0.15, 0.2) is 0 Å². The van der Waals surface area contributed by atoms with Crippen LogP contribution in [0.3, 0.4) is 0 Å². The molecule has 2 atom stereocenters. The lowest BCUT2D eigenvalue weighted by atomic mass is 10.0. The fourth-order valence-corrected chi connectivity index (χ4v) is 2.67. The maximum Gasteiger partial charge on any atom is 0.315 e. The maximum absolute atomic E-state index is 12.4. The lowest BCUT2D eigenvalue weighted by Crippen LogP contribution is -2.53. The van der Waals surface area contributed by atoms with Crippen molar-refractivity contribution in [3.05, 3.63) is 30.1 Å². The van der Waals surface area contributed by atoms with E-state index in [2.05, 4.69) is 22.5 Å². The lowest BCUT2D eigenvalue weighted by Gasteiger charge is -2.35. The van der Waals surface area contributed by atoms with Crippen molar-refractivity contribution < 1.29 is 9.59 Å². The number of amides is 3. The maximum atomic E-state index is 12.4. The molecule has 3 amide bonds. The summed E-state index contributed by atoms with van der Waals surface area (Å²) in [6.07, 6.45) is 6.60. The molecule has 0 unspecified atom stereocenters. The molecule has 2 N–H and O–H groups in total. The molecule has 1 aromatic heterocycles. The van der Waals surface area contributed by atoms with E-state index in [0.29, 0.717) is 6.54 Å². The van der Waals surface area contributed by atoms with Crippen LogP contribution in [0.25, 0.3) is 0 Å². The van der Waals surface area contributed by atoms with E-state index in [9.17, 15) is 9.59 Å². The van der Waals surface area contributed by atoms with Gasteiger partial charge in [0, 0.05) is 31.5 Å². The zero-order valence-electron chi connectivity index (χ0n) is 13.2. The molecule has 6 nitrogen and oxygen atoms in total. The van der Waals surface area contributed by atoms with Crippen LogP contribution in [-0.4, -0.2) is 40.5 Å². The van der Waals surface area contributed by atoms with Gasteiger partial charge in [0.25, 0.3) is 0 Å². The highest BCUT2D eigenvalue weighted by atomic mass is 16.2. The lowest BCUT2D eigenvalue weighted by molar-refractivity contribution is -0.136. The first-order valence-electron chi connectivity index (χ1n) is 7.81. The molecule has 120 valence electrons. The Morgan fingerprint density at radius 2 is 2.09 bits per heavy atom. The average Bonchev–Trinajstić information content (AvgIpc) is 2.53. The summed E-state index contributed by atoms with van der Waals surface area (Å²) in [7, 11) is 0. The molecule has 0 bridgehead atoms. The van der Waals surface area contributed by atoms with Crippen molar-refractivity contribution in [1.82, 2.24) is 20.5 Å². The normalized spacial score (nSPS) is 19.4. The molecule has 0 saturated carbocycles. The highest BCUT2D eigenvalue weighted by Gasteiger charge is 2.27. The first kappa shape index (κ1) is 16.3. The van der Waals surface area contributed by atoms with Gasteiger partial charge in [-0.15, -0.1) is 0 Å². The molecule has 1 fully saturated rings. The van der Waals surface area contributed by atoms with E-state index in [-0.39, 0.29) is 18.0 Å². The molecule has 1 saturated heterocycles. The van der Waals surface area contributed by atoms with Gasteiger partial charge in [0.05, 0.1) is 0 Å². The molecule has 6 heteroatoms. The minimum absolute atomic E-state index is 0.00809. The molecule has 2 heterocycles. The van der Waals surface area contributed by atoms with Crippen LogP contribution in [0.15, 0.2) is 24.5 Å². The fourth-order valence-electron chi connectivity index (χ4n) is 2.67. The summed E-state index contributed by atoms with van der Waals surface area (Å²) >= 11 is 0. The minimum Gasteiger partial charge on any atom is -0.338 e. The Morgan fingerprint density at radius 1 is 1.36 bits per heavy atom. The number of carbonyl (C=O) groups is 2. The van der Waals surface area contributed by atoms with Crippen molar-refractivity contribution in [2.45, 2.75) is 51.7 Å². The number of aromatic nitrogens is 1. The summed E-state index contributed by atoms with van der Waals surface area (Å²) in [5.41, 5.74) is 0.966. The van der Waals surface area contributed by atoms with Crippen LogP contribution >= 0.6 is 0 Å². The van der Waals surface area contributed by atoms with Gasteiger partial charge in [-0.05, 0) is 50.8 Å². The van der Waals surface area contributed by atoms with Crippen molar-refractivity contribution >= 4 is 11.9 Å². The number of nitrogens with zero attached hydrogens (tertiary/aromatic N) is 2. The standard InChI is InChI=1S/C16H24N4O2/c1-12-5-3-4-10-20(12)15(21)13(2)19-16(22)18-11-14-6-8-17-9-7-14/h6-9,12-13H,3-5,10-11H2,1-2H3,(H2,18,19,22)/t12-,13-/m1/s1. The van der Waals surface area contributed by atoms with E-state index < -0.39 is 6.04 Å². The summed E-state index contributed by atoms with van der Waals surface area (Å²) in [6.45, 7) is 4.99. The smallest absolute Gasteiger partial charge is 0.315 e. The second kappa shape index (κ2) is 7.77. The number of likely N-dealkylation sites (tertiary alicyclic amines) is 1. The summed E-state index contributed by atoms with van der Waals surface area (Å²) < 4.78 is 0.